The van der Waals surface area contributed by atoms with Gasteiger partial charge in [-0.05, 0) is 49.2 Å². The van der Waals surface area contributed by atoms with Crippen molar-refractivity contribution in [3.63, 3.8) is 0 Å². The van der Waals surface area contributed by atoms with Crippen molar-refractivity contribution < 1.29 is 4.74 Å². The second kappa shape index (κ2) is 9.65. The van der Waals surface area contributed by atoms with Crippen molar-refractivity contribution in [2.45, 2.75) is 12.8 Å². The number of nitrogens with one attached hydrogen (secondary N) is 2. The molecule has 0 radical (unpaired) electrons. The van der Waals surface area contributed by atoms with Crippen LogP contribution in [0.5, 0.6) is 11.5 Å². The third-order valence-electron chi connectivity index (χ3n) is 6.35. The largest absolute Gasteiger partial charge is 0.457 e. The van der Waals surface area contributed by atoms with Gasteiger partial charge < -0.3 is 24.5 Å². The zero-order valence-electron chi connectivity index (χ0n) is 19.0. The molecule has 0 atom stereocenters. The average molecular weight is 443 g/mol. The molecule has 1 aliphatic heterocycles. The van der Waals surface area contributed by atoms with Crippen LogP contribution in [0.2, 0.25) is 0 Å². The Bertz CT molecular complexity index is 1300. The van der Waals surface area contributed by atoms with Gasteiger partial charge in [0.05, 0.1) is 0 Å². The van der Waals surface area contributed by atoms with E-state index in [1.54, 1.807) is 11.6 Å². The van der Waals surface area contributed by atoms with Crippen LogP contribution in [0.15, 0.2) is 71.8 Å². The van der Waals surface area contributed by atoms with E-state index in [2.05, 4.69) is 33.4 Å². The lowest BCUT2D eigenvalue weighted by Gasteiger charge is -2.27. The van der Waals surface area contributed by atoms with Crippen LogP contribution in [0, 0.1) is 0 Å². The number of nitrogens with zero attached hydrogens (tertiary/aromatic N) is 2. The van der Waals surface area contributed by atoms with E-state index < -0.39 is 0 Å². The number of aromatic amines is 1. The first-order valence-electron chi connectivity index (χ1n) is 11.6. The van der Waals surface area contributed by atoms with E-state index in [1.165, 1.54) is 5.56 Å². The molecular weight excluding hydrogens is 412 g/mol. The number of para-hydroxylation sites is 1. The monoisotopic (exact) mass is 442 g/mol. The minimum Gasteiger partial charge on any atom is -0.457 e. The van der Waals surface area contributed by atoms with Crippen molar-refractivity contribution in [2.75, 3.05) is 32.7 Å². The van der Waals surface area contributed by atoms with Gasteiger partial charge >= 0.3 is 0 Å². The molecule has 4 aromatic rings. The number of H-pyrrole nitrogens is 1. The van der Waals surface area contributed by atoms with Gasteiger partial charge in [-0.3, -0.25) is 4.79 Å². The maximum Gasteiger partial charge on any atom is 0.274 e. The van der Waals surface area contributed by atoms with Crippen LogP contribution in [0.1, 0.15) is 12.0 Å². The highest BCUT2D eigenvalue weighted by molar-refractivity contribution is 5.95. The van der Waals surface area contributed by atoms with E-state index in [1.807, 2.05) is 48.8 Å². The number of benzene rings is 2. The molecule has 6 nitrogen and oxygen atoms in total. The van der Waals surface area contributed by atoms with Crippen LogP contribution in [-0.2, 0) is 13.5 Å². The average Bonchev–Trinajstić information content (AvgIpc) is 3.33. The van der Waals surface area contributed by atoms with Crippen LogP contribution < -0.4 is 15.6 Å². The van der Waals surface area contributed by atoms with Crippen molar-refractivity contribution >= 4 is 10.9 Å². The van der Waals surface area contributed by atoms with Crippen LogP contribution in [-0.4, -0.2) is 47.2 Å². The summed E-state index contributed by atoms with van der Waals surface area (Å²) in [5, 5.41) is 4.31. The number of aryl methyl sites for hydroxylation is 2. The fourth-order valence-electron chi connectivity index (χ4n) is 4.59. The maximum atomic E-state index is 12.5. The molecule has 2 aromatic heterocycles. The highest BCUT2D eigenvalue weighted by atomic mass is 16.5. The molecular formula is C27H30N4O2. The van der Waals surface area contributed by atoms with E-state index in [0.29, 0.717) is 5.52 Å². The minimum atomic E-state index is -0.0364. The van der Waals surface area contributed by atoms with Crippen LogP contribution in [0.4, 0.5) is 0 Å². The molecule has 0 spiro atoms. The number of aromatic nitrogens is 2. The third kappa shape index (κ3) is 4.72. The standard InChI is InChI=1S/C27H30N4O2/c1-30-19-24(23-11-12-29-26(23)27(30)32)22-9-2-3-10-25(22)33-21-8-4-6-20(18-21)7-5-15-31-16-13-28-14-17-31/h2-4,6,8-12,18-19,28-29H,5,7,13-17H2,1H3. The first kappa shape index (κ1) is 21.5. The SMILES string of the molecule is Cn1cc(-c2ccccc2Oc2cccc(CCCN3CCNCC3)c2)c2cc[nH]c2c1=O. The van der Waals surface area contributed by atoms with Gasteiger partial charge in [-0.15, -0.1) is 0 Å². The van der Waals surface area contributed by atoms with Gasteiger partial charge in [-0.2, -0.15) is 0 Å². The topological polar surface area (TPSA) is 62.3 Å². The van der Waals surface area contributed by atoms with Crippen molar-refractivity contribution in [1.82, 2.24) is 19.8 Å². The molecule has 0 unspecified atom stereocenters. The smallest absolute Gasteiger partial charge is 0.274 e. The molecule has 3 heterocycles. The summed E-state index contributed by atoms with van der Waals surface area (Å²) in [6.45, 7) is 5.59. The first-order valence-corrected chi connectivity index (χ1v) is 11.6. The van der Waals surface area contributed by atoms with E-state index in [9.17, 15) is 4.79 Å². The number of rotatable bonds is 7. The Labute approximate surface area is 193 Å². The molecule has 0 aliphatic carbocycles. The predicted octanol–water partition coefficient (Wildman–Crippen LogP) is 4.16. The highest BCUT2D eigenvalue weighted by Gasteiger charge is 2.14. The molecule has 0 amide bonds. The maximum absolute atomic E-state index is 12.5. The lowest BCUT2D eigenvalue weighted by Crippen LogP contribution is -2.43. The van der Waals surface area contributed by atoms with Gasteiger partial charge in [0.1, 0.15) is 17.0 Å². The Morgan fingerprint density at radius 3 is 2.73 bits per heavy atom. The van der Waals surface area contributed by atoms with Crippen LogP contribution in [0.3, 0.4) is 0 Å². The molecule has 1 saturated heterocycles. The van der Waals surface area contributed by atoms with E-state index in [4.69, 9.17) is 4.74 Å². The summed E-state index contributed by atoms with van der Waals surface area (Å²) in [6.07, 6.45) is 5.87. The molecule has 170 valence electrons. The summed E-state index contributed by atoms with van der Waals surface area (Å²) >= 11 is 0. The first-order chi connectivity index (χ1) is 16.2. The Kier molecular flexibility index (Phi) is 6.28. The van der Waals surface area contributed by atoms with E-state index in [0.717, 1.165) is 73.6 Å². The van der Waals surface area contributed by atoms with Crippen LogP contribution >= 0.6 is 0 Å². The zero-order valence-corrected chi connectivity index (χ0v) is 19.0. The van der Waals surface area contributed by atoms with Gasteiger partial charge in [0.2, 0.25) is 0 Å². The van der Waals surface area contributed by atoms with Crippen molar-refractivity contribution in [3.8, 4) is 22.6 Å². The molecule has 2 N–H and O–H groups in total. The summed E-state index contributed by atoms with van der Waals surface area (Å²) in [7, 11) is 1.78. The van der Waals surface area contributed by atoms with Crippen LogP contribution in [0.25, 0.3) is 22.0 Å². The van der Waals surface area contributed by atoms with Gasteiger partial charge in [-0.1, -0.05) is 30.3 Å². The Balaban J connectivity index is 1.36. The summed E-state index contributed by atoms with van der Waals surface area (Å²) < 4.78 is 8.00. The molecule has 0 saturated carbocycles. The van der Waals surface area contributed by atoms with Crippen molar-refractivity contribution in [3.05, 3.63) is 82.9 Å². The Morgan fingerprint density at radius 2 is 1.85 bits per heavy atom. The van der Waals surface area contributed by atoms with Crippen molar-refractivity contribution in [2.24, 2.45) is 7.05 Å². The third-order valence-corrected chi connectivity index (χ3v) is 6.35. The number of ether oxygens (including phenoxy) is 1. The summed E-state index contributed by atoms with van der Waals surface area (Å²) in [6, 6.07) is 18.3. The lowest BCUT2D eigenvalue weighted by molar-refractivity contribution is 0.238. The highest BCUT2D eigenvalue weighted by Crippen LogP contribution is 2.36. The quantitative estimate of drug-likeness (QED) is 0.451. The fourth-order valence-corrected chi connectivity index (χ4v) is 4.59. The molecule has 1 aliphatic rings. The molecule has 2 aromatic carbocycles. The van der Waals surface area contributed by atoms with Gasteiger partial charge in [0, 0.05) is 62.1 Å². The van der Waals surface area contributed by atoms with Gasteiger partial charge in [0.15, 0.2) is 0 Å². The van der Waals surface area contributed by atoms with Crippen molar-refractivity contribution in [1.29, 1.82) is 0 Å². The molecule has 0 bridgehead atoms. The zero-order chi connectivity index (χ0) is 22.6. The number of piperazine rings is 1. The number of hydrogen-bond acceptors (Lipinski definition) is 4. The molecule has 33 heavy (non-hydrogen) atoms. The summed E-state index contributed by atoms with van der Waals surface area (Å²) in [5.41, 5.74) is 3.79. The second-order valence-corrected chi connectivity index (χ2v) is 8.67. The lowest BCUT2D eigenvalue weighted by atomic mass is 10.0. The van der Waals surface area contributed by atoms with E-state index in [-0.39, 0.29) is 5.56 Å². The van der Waals surface area contributed by atoms with Gasteiger partial charge in [0.25, 0.3) is 5.56 Å². The summed E-state index contributed by atoms with van der Waals surface area (Å²) in [5.74, 6) is 1.61. The minimum absolute atomic E-state index is 0.0364. The molecule has 1 fully saturated rings. The van der Waals surface area contributed by atoms with Gasteiger partial charge in [-0.25, -0.2) is 0 Å². The normalized spacial score (nSPS) is 14.6. The number of fused-ring (bicyclic) bond motifs is 1. The summed E-state index contributed by atoms with van der Waals surface area (Å²) in [4.78, 5) is 18.1. The number of pyridine rings is 1. The Hall–Kier alpha value is -3.35. The van der Waals surface area contributed by atoms with E-state index >= 15 is 0 Å². The Morgan fingerprint density at radius 1 is 1.00 bits per heavy atom. The second-order valence-electron chi connectivity index (χ2n) is 8.67. The predicted molar refractivity (Wildman–Crippen MR) is 133 cm³/mol. The molecule has 5 rings (SSSR count). The fraction of sp³-hybridized carbons (Fsp3) is 0.296. The number of hydrogen-bond donors (Lipinski definition) is 2. The molecule has 6 heteroatoms.